The molecule has 0 radical (unpaired) electrons. The van der Waals surface area contributed by atoms with Gasteiger partial charge in [0.1, 0.15) is 18.3 Å². The van der Waals surface area contributed by atoms with E-state index in [0.29, 0.717) is 49.8 Å². The Balaban J connectivity index is 1.40. The van der Waals surface area contributed by atoms with Gasteiger partial charge in [-0.1, -0.05) is 12.2 Å². The summed E-state index contributed by atoms with van der Waals surface area (Å²) in [6.07, 6.45) is 14.1. The van der Waals surface area contributed by atoms with Gasteiger partial charge in [0.15, 0.2) is 12.1 Å². The second-order valence-corrected chi connectivity index (χ2v) is 7.27. The number of allylic oxidation sites excluding steroid dienone is 4. The predicted octanol–water partition coefficient (Wildman–Crippen LogP) is 3.05. The number of rotatable bonds is 7. The van der Waals surface area contributed by atoms with Crippen molar-refractivity contribution in [2.45, 2.75) is 18.9 Å². The first-order valence-electron chi connectivity index (χ1n) is 10.5. The zero-order chi connectivity index (χ0) is 21.6. The fourth-order valence-electron chi connectivity index (χ4n) is 3.58. The van der Waals surface area contributed by atoms with Crippen LogP contribution in [0.1, 0.15) is 12.8 Å². The number of nitrogens with one attached hydrogen (secondary N) is 2. The fraction of sp³-hybridized carbons (Fsp3) is 0.318. The Morgan fingerprint density at radius 3 is 3.06 bits per heavy atom. The zero-order valence-corrected chi connectivity index (χ0v) is 17.4. The number of H-pyrrole nitrogens is 1. The number of aromatic nitrogens is 4. The summed E-state index contributed by atoms with van der Waals surface area (Å²) in [6.45, 7) is 2.38. The van der Waals surface area contributed by atoms with Crippen LogP contribution in [0.3, 0.4) is 0 Å². The van der Waals surface area contributed by atoms with Crippen molar-refractivity contribution in [3.05, 3.63) is 66.9 Å². The van der Waals surface area contributed by atoms with E-state index in [2.05, 4.69) is 26.6 Å². The molecule has 2 aromatic rings. The number of anilines is 2. The van der Waals surface area contributed by atoms with E-state index < -0.39 is 0 Å². The summed E-state index contributed by atoms with van der Waals surface area (Å²) in [5.41, 5.74) is 1.80. The average Bonchev–Trinajstić information content (AvgIpc) is 3.34. The van der Waals surface area contributed by atoms with Gasteiger partial charge in [-0.25, -0.2) is 9.88 Å². The topological polar surface area (TPSA) is 107 Å². The molecule has 0 spiro atoms. The molecule has 0 saturated carbocycles. The molecule has 5 rings (SSSR count). The standard InChI is InChI=1S/C22H24N6O4/c1-2-5-16(6-3-1)28(19-15-30-10-12-32-19)22-25-21(26-27-22)18-7-4-8-23-20(18)24-13-17-14-29-9-11-31-17/h1-2,4-5,7-8,10,12,15,17H,3,6,9,11,13-14H2,(H,23,24)(H,25,26,27). The van der Waals surface area contributed by atoms with Gasteiger partial charge >= 0.3 is 0 Å². The van der Waals surface area contributed by atoms with Crippen LogP contribution in [0.2, 0.25) is 0 Å². The average molecular weight is 436 g/mol. The summed E-state index contributed by atoms with van der Waals surface area (Å²) in [5, 5.41) is 10.8. The first-order chi connectivity index (χ1) is 15.9. The van der Waals surface area contributed by atoms with E-state index in [1.54, 1.807) is 6.20 Å². The molecule has 166 valence electrons. The van der Waals surface area contributed by atoms with Gasteiger partial charge in [-0.2, -0.15) is 4.98 Å². The Labute approximate surface area is 185 Å². The van der Waals surface area contributed by atoms with Crippen molar-refractivity contribution in [3.8, 4) is 11.4 Å². The molecule has 1 saturated heterocycles. The summed E-state index contributed by atoms with van der Waals surface area (Å²) >= 11 is 0. The van der Waals surface area contributed by atoms with E-state index in [1.165, 1.54) is 18.8 Å². The lowest BCUT2D eigenvalue weighted by Crippen LogP contribution is -2.34. The van der Waals surface area contributed by atoms with Gasteiger partial charge in [-0.05, 0) is 31.1 Å². The van der Waals surface area contributed by atoms with Crippen molar-refractivity contribution < 1.29 is 18.9 Å². The first-order valence-corrected chi connectivity index (χ1v) is 10.5. The highest BCUT2D eigenvalue weighted by Crippen LogP contribution is 2.30. The number of nitrogens with zero attached hydrogens (tertiary/aromatic N) is 4. The Bertz CT molecular complexity index is 1050. The van der Waals surface area contributed by atoms with E-state index >= 15 is 0 Å². The van der Waals surface area contributed by atoms with Gasteiger partial charge in [-0.15, -0.1) is 5.10 Å². The third-order valence-corrected chi connectivity index (χ3v) is 5.11. The highest BCUT2D eigenvalue weighted by atomic mass is 16.6. The summed E-state index contributed by atoms with van der Waals surface area (Å²) < 4.78 is 22.2. The first kappa shape index (κ1) is 20.3. The van der Waals surface area contributed by atoms with Crippen molar-refractivity contribution in [2.75, 3.05) is 36.6 Å². The van der Waals surface area contributed by atoms with Crippen LogP contribution < -0.4 is 10.2 Å². The Hall–Kier alpha value is -3.63. The van der Waals surface area contributed by atoms with Gasteiger partial charge in [0.25, 0.3) is 5.95 Å². The van der Waals surface area contributed by atoms with Gasteiger partial charge in [0, 0.05) is 18.4 Å². The minimum absolute atomic E-state index is 0.0193. The molecule has 0 aromatic carbocycles. The second kappa shape index (κ2) is 9.67. The molecular weight excluding hydrogens is 412 g/mol. The molecule has 0 amide bonds. The Morgan fingerprint density at radius 1 is 1.25 bits per heavy atom. The number of hydrogen-bond donors (Lipinski definition) is 2. The molecule has 0 bridgehead atoms. The van der Waals surface area contributed by atoms with Crippen LogP contribution in [-0.4, -0.2) is 52.6 Å². The molecule has 3 aliphatic rings. The lowest BCUT2D eigenvalue weighted by Gasteiger charge is -2.26. The van der Waals surface area contributed by atoms with Crippen molar-refractivity contribution in [1.29, 1.82) is 0 Å². The molecule has 10 nitrogen and oxygen atoms in total. The summed E-state index contributed by atoms with van der Waals surface area (Å²) in [5.74, 6) is 2.21. The summed E-state index contributed by atoms with van der Waals surface area (Å²) in [4.78, 5) is 11.1. The van der Waals surface area contributed by atoms with E-state index in [0.717, 1.165) is 24.1 Å². The minimum atomic E-state index is -0.0193. The number of pyridine rings is 1. The molecule has 1 aliphatic carbocycles. The Morgan fingerprint density at radius 2 is 2.25 bits per heavy atom. The molecule has 1 atom stereocenters. The second-order valence-electron chi connectivity index (χ2n) is 7.27. The molecule has 1 unspecified atom stereocenters. The Kier molecular flexibility index (Phi) is 6.13. The fourth-order valence-corrected chi connectivity index (χ4v) is 3.58. The van der Waals surface area contributed by atoms with Crippen LogP contribution in [0.4, 0.5) is 11.8 Å². The SMILES string of the molecule is C1=CCCC(N(C2=COC=CO2)c2n[nH]c(-c3cccnc3NCC3COCCO3)n2)=C1. The molecule has 4 heterocycles. The van der Waals surface area contributed by atoms with Gasteiger partial charge in [0.2, 0.25) is 5.88 Å². The van der Waals surface area contributed by atoms with Crippen LogP contribution in [0.15, 0.2) is 66.9 Å². The maximum Gasteiger partial charge on any atom is 0.256 e. The van der Waals surface area contributed by atoms with Crippen molar-refractivity contribution >= 4 is 11.8 Å². The molecule has 2 aromatic heterocycles. The van der Waals surface area contributed by atoms with Crippen LogP contribution in [-0.2, 0) is 18.9 Å². The van der Waals surface area contributed by atoms with Crippen molar-refractivity contribution in [1.82, 2.24) is 20.2 Å². The third kappa shape index (κ3) is 4.51. The lowest BCUT2D eigenvalue weighted by atomic mass is 10.1. The monoisotopic (exact) mass is 436 g/mol. The van der Waals surface area contributed by atoms with E-state index in [9.17, 15) is 0 Å². The predicted molar refractivity (Wildman–Crippen MR) is 117 cm³/mol. The molecule has 2 aliphatic heterocycles. The molecular formula is C22H24N6O4. The van der Waals surface area contributed by atoms with Gasteiger partial charge in [0.05, 0.1) is 31.5 Å². The van der Waals surface area contributed by atoms with E-state index in [4.69, 9.17) is 23.9 Å². The quantitative estimate of drug-likeness (QED) is 0.677. The van der Waals surface area contributed by atoms with Crippen molar-refractivity contribution in [2.24, 2.45) is 0 Å². The normalized spacial score (nSPS) is 20.1. The summed E-state index contributed by atoms with van der Waals surface area (Å²) in [7, 11) is 0. The third-order valence-electron chi connectivity index (χ3n) is 5.11. The van der Waals surface area contributed by atoms with Crippen molar-refractivity contribution in [3.63, 3.8) is 0 Å². The highest BCUT2D eigenvalue weighted by Gasteiger charge is 2.25. The highest BCUT2D eigenvalue weighted by molar-refractivity contribution is 5.70. The largest absolute Gasteiger partial charge is 0.464 e. The van der Waals surface area contributed by atoms with Gasteiger partial charge in [-0.3, -0.25) is 5.10 Å². The van der Waals surface area contributed by atoms with Crippen LogP contribution in [0.25, 0.3) is 11.4 Å². The number of hydrogen-bond acceptors (Lipinski definition) is 9. The van der Waals surface area contributed by atoms with Crippen LogP contribution in [0, 0.1) is 0 Å². The maximum atomic E-state index is 5.71. The smallest absolute Gasteiger partial charge is 0.256 e. The van der Waals surface area contributed by atoms with Gasteiger partial charge < -0.3 is 24.3 Å². The van der Waals surface area contributed by atoms with E-state index in [-0.39, 0.29) is 6.10 Å². The number of ether oxygens (including phenoxy) is 4. The van der Waals surface area contributed by atoms with Crippen LogP contribution >= 0.6 is 0 Å². The molecule has 1 fully saturated rings. The number of aromatic amines is 1. The minimum Gasteiger partial charge on any atom is -0.464 e. The van der Waals surface area contributed by atoms with Crippen LogP contribution in [0.5, 0.6) is 0 Å². The molecule has 2 N–H and O–H groups in total. The summed E-state index contributed by atoms with van der Waals surface area (Å²) in [6, 6.07) is 3.80. The molecule has 10 heteroatoms. The maximum absolute atomic E-state index is 5.71. The zero-order valence-electron chi connectivity index (χ0n) is 17.4. The van der Waals surface area contributed by atoms with E-state index in [1.807, 2.05) is 29.2 Å². The lowest BCUT2D eigenvalue weighted by molar-refractivity contribution is -0.0819. The molecule has 32 heavy (non-hydrogen) atoms.